The molecule has 2 aromatic rings. The Bertz CT molecular complexity index is 556. The van der Waals surface area contributed by atoms with Gasteiger partial charge < -0.3 is 15.2 Å². The van der Waals surface area contributed by atoms with E-state index in [9.17, 15) is 5.11 Å². The van der Waals surface area contributed by atoms with Crippen molar-refractivity contribution in [2.45, 2.75) is 20.3 Å². The molecule has 5 nitrogen and oxygen atoms in total. The van der Waals surface area contributed by atoms with Crippen molar-refractivity contribution in [2.75, 3.05) is 18.5 Å². The van der Waals surface area contributed by atoms with Gasteiger partial charge in [-0.2, -0.15) is 4.98 Å². The molecule has 0 radical (unpaired) electrons. The molecule has 0 saturated heterocycles. The van der Waals surface area contributed by atoms with Gasteiger partial charge in [-0.05, 0) is 38.0 Å². The minimum Gasteiger partial charge on any atom is -0.508 e. The van der Waals surface area contributed by atoms with Crippen molar-refractivity contribution in [3.63, 3.8) is 0 Å². The second kappa shape index (κ2) is 6.75. The first-order valence-corrected chi connectivity index (χ1v) is 6.67. The van der Waals surface area contributed by atoms with Crippen molar-refractivity contribution in [1.29, 1.82) is 0 Å². The molecule has 0 bridgehead atoms. The number of aryl methyl sites for hydroxylation is 1. The molecular weight excluding hydrogens is 254 g/mol. The molecule has 0 amide bonds. The summed E-state index contributed by atoms with van der Waals surface area (Å²) in [4.78, 5) is 8.52. The number of nitrogens with zero attached hydrogens (tertiary/aromatic N) is 2. The highest BCUT2D eigenvalue weighted by atomic mass is 16.5. The monoisotopic (exact) mass is 273 g/mol. The van der Waals surface area contributed by atoms with Gasteiger partial charge in [0.2, 0.25) is 5.88 Å². The summed E-state index contributed by atoms with van der Waals surface area (Å²) in [6.07, 6.45) is 0.854. The predicted molar refractivity (Wildman–Crippen MR) is 78.2 cm³/mol. The second-order valence-corrected chi connectivity index (χ2v) is 4.41. The van der Waals surface area contributed by atoms with Crippen LogP contribution in [0.25, 0.3) is 0 Å². The minimum atomic E-state index is 0.287. The number of hydrogen-bond donors (Lipinski definition) is 2. The van der Waals surface area contributed by atoms with Crippen LogP contribution in [0.3, 0.4) is 0 Å². The molecule has 0 spiro atoms. The average molecular weight is 273 g/mol. The van der Waals surface area contributed by atoms with Gasteiger partial charge in [-0.15, -0.1) is 0 Å². The second-order valence-electron chi connectivity index (χ2n) is 4.41. The molecular formula is C15H19N3O2. The molecule has 0 aliphatic heterocycles. The van der Waals surface area contributed by atoms with Crippen molar-refractivity contribution in [3.8, 4) is 11.6 Å². The molecule has 5 heteroatoms. The molecule has 1 aromatic heterocycles. The molecule has 106 valence electrons. The number of phenols is 1. The highest BCUT2D eigenvalue weighted by Gasteiger charge is 2.02. The lowest BCUT2D eigenvalue weighted by molar-refractivity contribution is 0.325. The third kappa shape index (κ3) is 4.12. The number of phenolic OH excluding ortho intramolecular Hbond substituents is 1. The zero-order valence-electron chi connectivity index (χ0n) is 11.8. The van der Waals surface area contributed by atoms with Crippen LogP contribution < -0.4 is 10.1 Å². The Morgan fingerprint density at radius 3 is 2.65 bits per heavy atom. The molecule has 1 heterocycles. The molecule has 2 rings (SSSR count). The maximum Gasteiger partial charge on any atom is 0.218 e. The molecule has 20 heavy (non-hydrogen) atoms. The Balaban J connectivity index is 1.91. The standard InChI is InChI=1S/C15H19N3O2/c1-3-20-15-10-14(17-11(2)18-15)16-9-8-12-4-6-13(19)7-5-12/h4-7,10,19H,3,8-9H2,1-2H3,(H,16,17,18). The Morgan fingerprint density at radius 2 is 1.95 bits per heavy atom. The summed E-state index contributed by atoms with van der Waals surface area (Å²) < 4.78 is 5.39. The Hall–Kier alpha value is -2.30. The zero-order chi connectivity index (χ0) is 14.4. The maximum absolute atomic E-state index is 9.23. The predicted octanol–water partition coefficient (Wildman–Crippen LogP) is 2.54. The molecule has 0 saturated carbocycles. The Morgan fingerprint density at radius 1 is 1.20 bits per heavy atom. The van der Waals surface area contributed by atoms with Crippen molar-refractivity contribution in [2.24, 2.45) is 0 Å². The van der Waals surface area contributed by atoms with E-state index in [4.69, 9.17) is 4.74 Å². The molecule has 0 fully saturated rings. The summed E-state index contributed by atoms with van der Waals surface area (Å²) in [6, 6.07) is 9.00. The van der Waals surface area contributed by atoms with Gasteiger partial charge in [-0.1, -0.05) is 12.1 Å². The van der Waals surface area contributed by atoms with E-state index in [1.165, 1.54) is 0 Å². The number of hydrogen-bond acceptors (Lipinski definition) is 5. The fourth-order valence-electron chi connectivity index (χ4n) is 1.85. The Kier molecular flexibility index (Phi) is 4.76. The number of nitrogens with one attached hydrogen (secondary N) is 1. The Labute approximate surface area is 118 Å². The van der Waals surface area contributed by atoms with Gasteiger partial charge in [0.1, 0.15) is 17.4 Å². The van der Waals surface area contributed by atoms with Crippen LogP contribution in [0, 0.1) is 6.92 Å². The quantitative estimate of drug-likeness (QED) is 0.846. The normalized spacial score (nSPS) is 10.3. The molecule has 2 N–H and O–H groups in total. The summed E-state index contributed by atoms with van der Waals surface area (Å²) in [7, 11) is 0. The van der Waals surface area contributed by atoms with Gasteiger partial charge in [0.25, 0.3) is 0 Å². The number of aromatic nitrogens is 2. The van der Waals surface area contributed by atoms with Crippen LogP contribution >= 0.6 is 0 Å². The van der Waals surface area contributed by atoms with Crippen LogP contribution in [0.5, 0.6) is 11.6 Å². The van der Waals surface area contributed by atoms with Crippen molar-refractivity contribution >= 4 is 5.82 Å². The molecule has 0 unspecified atom stereocenters. The van der Waals surface area contributed by atoms with Gasteiger partial charge in [-0.25, -0.2) is 4.98 Å². The highest BCUT2D eigenvalue weighted by Crippen LogP contribution is 2.14. The van der Waals surface area contributed by atoms with E-state index >= 15 is 0 Å². The largest absolute Gasteiger partial charge is 0.508 e. The zero-order valence-corrected chi connectivity index (χ0v) is 11.8. The van der Waals surface area contributed by atoms with Gasteiger partial charge in [0.05, 0.1) is 6.61 Å². The van der Waals surface area contributed by atoms with Gasteiger partial charge in [-0.3, -0.25) is 0 Å². The van der Waals surface area contributed by atoms with Crippen molar-refractivity contribution in [1.82, 2.24) is 9.97 Å². The van der Waals surface area contributed by atoms with E-state index < -0.39 is 0 Å². The maximum atomic E-state index is 9.23. The van der Waals surface area contributed by atoms with E-state index in [1.54, 1.807) is 18.2 Å². The van der Waals surface area contributed by atoms with Crippen LogP contribution in [-0.4, -0.2) is 28.2 Å². The molecule has 0 aliphatic carbocycles. The van der Waals surface area contributed by atoms with Crippen LogP contribution in [0.1, 0.15) is 18.3 Å². The van der Waals surface area contributed by atoms with E-state index in [0.717, 1.165) is 24.3 Å². The first kappa shape index (κ1) is 14.1. The van der Waals surface area contributed by atoms with Crippen molar-refractivity contribution in [3.05, 3.63) is 41.7 Å². The van der Waals surface area contributed by atoms with Crippen LogP contribution in [0.15, 0.2) is 30.3 Å². The van der Waals surface area contributed by atoms with Gasteiger partial charge in [0, 0.05) is 12.6 Å². The lowest BCUT2D eigenvalue weighted by Gasteiger charge is -2.09. The number of benzene rings is 1. The van der Waals surface area contributed by atoms with Gasteiger partial charge in [0.15, 0.2) is 0 Å². The number of anilines is 1. The third-order valence-electron chi connectivity index (χ3n) is 2.76. The first-order chi connectivity index (χ1) is 9.67. The van der Waals surface area contributed by atoms with E-state index in [1.807, 2.05) is 26.0 Å². The van der Waals surface area contributed by atoms with E-state index in [-0.39, 0.29) is 5.75 Å². The summed E-state index contributed by atoms with van der Waals surface area (Å²) in [5.74, 6) is 2.32. The minimum absolute atomic E-state index is 0.287. The van der Waals surface area contributed by atoms with Crippen LogP contribution in [0.4, 0.5) is 5.82 Å². The van der Waals surface area contributed by atoms with E-state index in [0.29, 0.717) is 18.3 Å². The summed E-state index contributed by atoms with van der Waals surface area (Å²) in [5, 5.41) is 12.5. The molecule has 1 aromatic carbocycles. The summed E-state index contributed by atoms with van der Waals surface area (Å²) in [5.41, 5.74) is 1.16. The molecule has 0 aliphatic rings. The van der Waals surface area contributed by atoms with Crippen LogP contribution in [0.2, 0.25) is 0 Å². The third-order valence-corrected chi connectivity index (χ3v) is 2.76. The van der Waals surface area contributed by atoms with Crippen molar-refractivity contribution < 1.29 is 9.84 Å². The fraction of sp³-hybridized carbons (Fsp3) is 0.333. The highest BCUT2D eigenvalue weighted by molar-refractivity contribution is 5.38. The number of aromatic hydroxyl groups is 1. The summed E-state index contributed by atoms with van der Waals surface area (Å²) >= 11 is 0. The number of ether oxygens (including phenoxy) is 1. The number of rotatable bonds is 6. The van der Waals surface area contributed by atoms with E-state index in [2.05, 4.69) is 15.3 Å². The topological polar surface area (TPSA) is 67.3 Å². The SMILES string of the molecule is CCOc1cc(NCCc2ccc(O)cc2)nc(C)n1. The van der Waals surface area contributed by atoms with Crippen LogP contribution in [-0.2, 0) is 6.42 Å². The lowest BCUT2D eigenvalue weighted by Crippen LogP contribution is -2.08. The summed E-state index contributed by atoms with van der Waals surface area (Å²) in [6.45, 7) is 5.11. The molecule has 0 atom stereocenters. The smallest absolute Gasteiger partial charge is 0.218 e. The first-order valence-electron chi connectivity index (χ1n) is 6.67. The lowest BCUT2D eigenvalue weighted by atomic mass is 10.1. The fourth-order valence-corrected chi connectivity index (χ4v) is 1.85. The van der Waals surface area contributed by atoms with Gasteiger partial charge >= 0.3 is 0 Å². The average Bonchev–Trinajstić information content (AvgIpc) is 2.41.